The molecule has 0 N–H and O–H groups in total. The number of allylic oxidation sites excluding steroid dienone is 2. The van der Waals surface area contributed by atoms with E-state index < -0.39 is 0 Å². The van der Waals surface area contributed by atoms with E-state index in [0.29, 0.717) is 33.4 Å². The third-order valence-corrected chi connectivity index (χ3v) is 7.74. The maximum absolute atomic E-state index is 13.3. The SMILES string of the molecule is O=C(COc1cnc(N2C(=O)C3C[C@H]4C=CC(C3C2=O)[C@H]2CC24)nc1)c1cc(Cl)cc(Cl)c1. The molecule has 7 rings (SSSR count). The molecule has 2 heterocycles. The average molecular weight is 484 g/mol. The van der Waals surface area contributed by atoms with Crippen molar-refractivity contribution in [2.24, 2.45) is 35.5 Å². The van der Waals surface area contributed by atoms with Gasteiger partial charge in [-0.25, -0.2) is 14.9 Å². The largest absolute Gasteiger partial charge is 0.482 e. The molecule has 2 bridgehead atoms. The molecular weight excluding hydrogens is 465 g/mol. The summed E-state index contributed by atoms with van der Waals surface area (Å²) in [5.74, 6) is 0.608. The topological polar surface area (TPSA) is 89.5 Å². The van der Waals surface area contributed by atoms with Gasteiger partial charge in [-0.2, -0.15) is 0 Å². The molecule has 2 aromatic rings. The van der Waals surface area contributed by atoms with E-state index in [9.17, 15) is 14.4 Å². The van der Waals surface area contributed by atoms with Crippen LogP contribution >= 0.6 is 23.2 Å². The fraction of sp³-hybridized carbons (Fsp3) is 0.375. The lowest BCUT2D eigenvalue weighted by Crippen LogP contribution is -2.34. The molecule has 1 aliphatic heterocycles. The van der Waals surface area contributed by atoms with Crippen LogP contribution in [-0.4, -0.2) is 34.2 Å². The van der Waals surface area contributed by atoms with Gasteiger partial charge in [-0.05, 0) is 54.7 Å². The molecule has 9 heteroatoms. The molecule has 6 atom stereocenters. The molecule has 4 unspecified atom stereocenters. The Morgan fingerprint density at radius 2 is 1.73 bits per heavy atom. The Hall–Kier alpha value is -2.77. The van der Waals surface area contributed by atoms with Crippen LogP contribution in [0.1, 0.15) is 23.2 Å². The minimum atomic E-state index is -0.321. The summed E-state index contributed by atoms with van der Waals surface area (Å²) in [7, 11) is 0. The van der Waals surface area contributed by atoms with Gasteiger partial charge in [0.25, 0.3) is 0 Å². The third-order valence-electron chi connectivity index (χ3n) is 7.30. The number of nitrogens with zero attached hydrogens (tertiary/aromatic N) is 3. The van der Waals surface area contributed by atoms with Crippen molar-refractivity contribution < 1.29 is 19.1 Å². The molecule has 0 radical (unpaired) electrons. The van der Waals surface area contributed by atoms with Crippen LogP contribution < -0.4 is 9.64 Å². The predicted octanol–water partition coefficient (Wildman–Crippen LogP) is 3.99. The Morgan fingerprint density at radius 3 is 2.45 bits per heavy atom. The summed E-state index contributed by atoms with van der Waals surface area (Å²) in [6.07, 6.45) is 8.95. The van der Waals surface area contributed by atoms with Gasteiger partial charge in [-0.1, -0.05) is 35.4 Å². The summed E-state index contributed by atoms with van der Waals surface area (Å²) in [6.45, 7) is -0.261. The molecule has 1 aromatic carbocycles. The fourth-order valence-electron chi connectivity index (χ4n) is 5.73. The highest BCUT2D eigenvalue weighted by atomic mass is 35.5. The minimum Gasteiger partial charge on any atom is -0.482 e. The van der Waals surface area contributed by atoms with Gasteiger partial charge >= 0.3 is 0 Å². The van der Waals surface area contributed by atoms with E-state index in [2.05, 4.69) is 22.1 Å². The number of Topliss-reactive ketones (excluding diaryl/α,β-unsaturated/α-hetero) is 1. The van der Waals surface area contributed by atoms with Crippen LogP contribution in [-0.2, 0) is 9.59 Å². The lowest BCUT2D eigenvalue weighted by atomic mass is 9.81. The molecular formula is C24H19Cl2N3O4. The zero-order chi connectivity index (χ0) is 22.9. The number of ether oxygens (including phenoxy) is 1. The first-order valence-corrected chi connectivity index (χ1v) is 11.7. The van der Waals surface area contributed by atoms with Gasteiger partial charge < -0.3 is 4.74 Å². The number of anilines is 1. The van der Waals surface area contributed by atoms with Gasteiger partial charge in [0, 0.05) is 15.6 Å². The van der Waals surface area contributed by atoms with Crippen molar-refractivity contribution in [2.75, 3.05) is 11.5 Å². The summed E-state index contributed by atoms with van der Waals surface area (Å²) in [5.41, 5.74) is 0.332. The molecule has 168 valence electrons. The second-order valence-corrected chi connectivity index (χ2v) is 10.0. The predicted molar refractivity (Wildman–Crippen MR) is 120 cm³/mol. The maximum Gasteiger partial charge on any atom is 0.240 e. The molecule has 3 fully saturated rings. The second-order valence-electron chi connectivity index (χ2n) is 9.16. The number of ketones is 1. The lowest BCUT2D eigenvalue weighted by molar-refractivity contribution is -0.123. The summed E-state index contributed by atoms with van der Waals surface area (Å²) in [6, 6.07) is 4.56. The van der Waals surface area contributed by atoms with Crippen molar-refractivity contribution in [3.8, 4) is 5.75 Å². The molecule has 5 aliphatic rings. The van der Waals surface area contributed by atoms with Crippen LogP contribution in [0.25, 0.3) is 0 Å². The molecule has 4 aliphatic carbocycles. The van der Waals surface area contributed by atoms with Gasteiger partial charge in [0.2, 0.25) is 17.8 Å². The first-order valence-electron chi connectivity index (χ1n) is 10.9. The van der Waals surface area contributed by atoms with Crippen molar-refractivity contribution in [3.05, 3.63) is 58.4 Å². The van der Waals surface area contributed by atoms with E-state index in [1.54, 1.807) is 0 Å². The third kappa shape index (κ3) is 3.45. The van der Waals surface area contributed by atoms with Gasteiger partial charge in [0.15, 0.2) is 18.1 Å². The number of halogens is 2. The molecule has 2 amide bonds. The average Bonchev–Trinajstić information content (AvgIpc) is 3.58. The van der Waals surface area contributed by atoms with E-state index >= 15 is 0 Å². The van der Waals surface area contributed by atoms with Crippen molar-refractivity contribution >= 4 is 46.7 Å². The smallest absolute Gasteiger partial charge is 0.240 e. The van der Waals surface area contributed by atoms with Crippen LogP contribution in [0.5, 0.6) is 5.75 Å². The normalized spacial score (nSPS) is 31.3. The first-order chi connectivity index (χ1) is 15.9. The van der Waals surface area contributed by atoms with Gasteiger partial charge in [-0.3, -0.25) is 14.4 Å². The zero-order valence-electron chi connectivity index (χ0n) is 17.4. The quantitative estimate of drug-likeness (QED) is 0.362. The second kappa shape index (κ2) is 7.64. The summed E-state index contributed by atoms with van der Waals surface area (Å²) in [5, 5.41) is 0.714. The van der Waals surface area contributed by atoms with E-state index in [1.807, 2.05) is 0 Å². The van der Waals surface area contributed by atoms with E-state index in [0.717, 1.165) is 17.7 Å². The number of amides is 2. The molecule has 0 spiro atoms. The van der Waals surface area contributed by atoms with Crippen LogP contribution in [0, 0.1) is 35.5 Å². The number of rotatable bonds is 5. The molecule has 1 saturated heterocycles. The maximum atomic E-state index is 13.3. The van der Waals surface area contributed by atoms with Crippen molar-refractivity contribution in [2.45, 2.75) is 12.8 Å². The van der Waals surface area contributed by atoms with E-state index in [-0.39, 0.29) is 53.7 Å². The standard InChI is InChI=1S/C24H19Cl2N3O4/c25-13-3-12(4-14(26)6-13)20(30)10-33-15-8-27-24(28-9-15)29-22(31)19-5-11-1-2-16(18-7-17(11)18)21(19)23(29)32/h1-4,6,8-9,11,16-19,21H,5,7,10H2/t11-,16?,17?,18-,19?,21?/m1/s1. The van der Waals surface area contributed by atoms with Crippen molar-refractivity contribution in [1.82, 2.24) is 9.97 Å². The zero-order valence-corrected chi connectivity index (χ0v) is 18.9. The van der Waals surface area contributed by atoms with Crippen molar-refractivity contribution in [3.63, 3.8) is 0 Å². The molecule has 1 aromatic heterocycles. The van der Waals surface area contributed by atoms with Crippen LogP contribution in [0.3, 0.4) is 0 Å². The summed E-state index contributed by atoms with van der Waals surface area (Å²) >= 11 is 11.9. The van der Waals surface area contributed by atoms with Crippen LogP contribution in [0.15, 0.2) is 42.7 Å². The Balaban J connectivity index is 1.16. The number of benzene rings is 1. The van der Waals surface area contributed by atoms with Crippen LogP contribution in [0.2, 0.25) is 10.0 Å². The monoisotopic (exact) mass is 483 g/mol. The first kappa shape index (κ1) is 20.8. The Labute approximate surface area is 199 Å². The number of imide groups is 1. The number of hydrogen-bond acceptors (Lipinski definition) is 6. The Kier molecular flexibility index (Phi) is 4.82. The highest BCUT2D eigenvalue weighted by Gasteiger charge is 2.62. The number of carbonyl (C=O) groups excluding carboxylic acids is 3. The van der Waals surface area contributed by atoms with Gasteiger partial charge in [0.1, 0.15) is 0 Å². The number of carbonyl (C=O) groups is 3. The van der Waals surface area contributed by atoms with Gasteiger partial charge in [-0.15, -0.1) is 0 Å². The minimum absolute atomic E-state index is 0.0468. The molecule has 33 heavy (non-hydrogen) atoms. The molecule has 7 nitrogen and oxygen atoms in total. The van der Waals surface area contributed by atoms with E-state index in [1.165, 1.54) is 30.6 Å². The lowest BCUT2D eigenvalue weighted by Gasteiger charge is -2.21. The number of hydrogen-bond donors (Lipinski definition) is 0. The summed E-state index contributed by atoms with van der Waals surface area (Å²) < 4.78 is 5.49. The summed E-state index contributed by atoms with van der Waals surface area (Å²) in [4.78, 5) is 48.3. The van der Waals surface area contributed by atoms with E-state index in [4.69, 9.17) is 27.9 Å². The van der Waals surface area contributed by atoms with Gasteiger partial charge in [0.05, 0.1) is 24.2 Å². The number of aromatic nitrogens is 2. The Bertz CT molecular complexity index is 1190. The Morgan fingerprint density at radius 1 is 1.00 bits per heavy atom. The highest BCUT2D eigenvalue weighted by Crippen LogP contribution is 2.62. The fourth-order valence-corrected chi connectivity index (χ4v) is 6.26. The van der Waals surface area contributed by atoms with Crippen molar-refractivity contribution in [1.29, 1.82) is 0 Å². The highest BCUT2D eigenvalue weighted by molar-refractivity contribution is 6.35. The molecule has 2 saturated carbocycles. The van der Waals surface area contributed by atoms with Crippen LogP contribution in [0.4, 0.5) is 5.95 Å².